The van der Waals surface area contributed by atoms with Gasteiger partial charge in [0.25, 0.3) is 0 Å². The van der Waals surface area contributed by atoms with Crippen LogP contribution in [0.5, 0.6) is 0 Å². The molecule has 0 fully saturated rings. The van der Waals surface area contributed by atoms with E-state index in [-0.39, 0.29) is 6.03 Å². The Bertz CT molecular complexity index is 1270. The Morgan fingerprint density at radius 3 is 2.91 bits per heavy atom. The number of benzene rings is 1. The number of nitrogens with one attached hydrogen (secondary N) is 3. The highest BCUT2D eigenvalue weighted by Gasteiger charge is 2.10. The van der Waals surface area contributed by atoms with Crippen LogP contribution in [0.1, 0.15) is 10.4 Å². The van der Waals surface area contributed by atoms with Crippen molar-refractivity contribution < 1.29 is 4.79 Å². The lowest BCUT2D eigenvalue weighted by Crippen LogP contribution is -2.20. The van der Waals surface area contributed by atoms with Gasteiger partial charge in [0.15, 0.2) is 5.13 Å². The maximum Gasteiger partial charge on any atom is 0.325 e. The Labute approximate surface area is 199 Å². The van der Waals surface area contributed by atoms with Crippen LogP contribution in [0.4, 0.5) is 21.4 Å². The molecule has 1 aliphatic heterocycles. The van der Waals surface area contributed by atoms with Gasteiger partial charge in [-0.25, -0.2) is 19.7 Å². The molecule has 1 aromatic carbocycles. The first-order valence-electron chi connectivity index (χ1n) is 10.6. The number of carbonyl (C=O) groups excluding carboxylic acids is 1. The summed E-state index contributed by atoms with van der Waals surface area (Å²) in [5, 5.41) is 11.7. The van der Waals surface area contributed by atoms with Crippen LogP contribution in [0.15, 0.2) is 60.4 Å². The van der Waals surface area contributed by atoms with Crippen molar-refractivity contribution in [2.24, 2.45) is 0 Å². The van der Waals surface area contributed by atoms with Crippen molar-refractivity contribution in [2.75, 3.05) is 35.6 Å². The lowest BCUT2D eigenvalue weighted by Gasteiger charge is -2.15. The van der Waals surface area contributed by atoms with Crippen LogP contribution in [0, 0.1) is 0 Å². The van der Waals surface area contributed by atoms with Crippen LogP contribution < -0.4 is 16.0 Å². The van der Waals surface area contributed by atoms with E-state index < -0.39 is 0 Å². The largest absolute Gasteiger partial charge is 0.368 e. The molecule has 0 saturated heterocycles. The SMILES string of the molecule is O=C(Nc1cccc(CN2CC=CC2)c1)Nc1ncc(CCNc2ncnc3ccsc23)s1. The van der Waals surface area contributed by atoms with Crippen molar-refractivity contribution in [1.29, 1.82) is 0 Å². The van der Waals surface area contributed by atoms with Crippen LogP contribution in [0.25, 0.3) is 10.2 Å². The minimum atomic E-state index is -0.296. The van der Waals surface area contributed by atoms with E-state index in [1.807, 2.05) is 29.6 Å². The van der Waals surface area contributed by atoms with Crippen LogP contribution >= 0.6 is 22.7 Å². The second kappa shape index (κ2) is 10.1. The number of nitrogens with zero attached hydrogens (tertiary/aromatic N) is 4. The van der Waals surface area contributed by atoms with E-state index in [2.05, 4.69) is 54.0 Å². The fourth-order valence-corrected chi connectivity index (χ4v) is 5.23. The number of hydrogen-bond acceptors (Lipinski definition) is 8. The molecule has 0 unspecified atom stereocenters. The third kappa shape index (κ3) is 5.54. The summed E-state index contributed by atoms with van der Waals surface area (Å²) in [6.07, 6.45) is 8.50. The summed E-state index contributed by atoms with van der Waals surface area (Å²) in [6, 6.07) is 9.63. The molecule has 0 saturated carbocycles. The van der Waals surface area contributed by atoms with Gasteiger partial charge in [0.1, 0.15) is 12.1 Å². The molecule has 4 heterocycles. The monoisotopic (exact) mass is 477 g/mol. The molecule has 168 valence electrons. The number of thiophene rings is 1. The zero-order valence-electron chi connectivity index (χ0n) is 17.8. The number of anilines is 3. The predicted molar refractivity (Wildman–Crippen MR) is 135 cm³/mol. The van der Waals surface area contributed by atoms with E-state index in [1.165, 1.54) is 16.9 Å². The first-order chi connectivity index (χ1) is 16.2. The zero-order chi connectivity index (χ0) is 22.5. The third-order valence-corrected chi connectivity index (χ3v) is 7.05. The molecule has 1 aliphatic rings. The maximum absolute atomic E-state index is 12.4. The molecule has 8 nitrogen and oxygen atoms in total. The van der Waals surface area contributed by atoms with Gasteiger partial charge < -0.3 is 10.6 Å². The molecule has 2 amide bonds. The highest BCUT2D eigenvalue weighted by atomic mass is 32.1. The third-order valence-electron chi connectivity index (χ3n) is 5.17. The van der Waals surface area contributed by atoms with Gasteiger partial charge in [-0.1, -0.05) is 24.3 Å². The average Bonchev–Trinajstić information content (AvgIpc) is 3.57. The number of carbonyl (C=O) groups is 1. The number of aromatic nitrogens is 3. The Hall–Kier alpha value is -3.34. The molecule has 0 bridgehead atoms. The van der Waals surface area contributed by atoms with E-state index in [9.17, 15) is 4.79 Å². The average molecular weight is 478 g/mol. The first kappa shape index (κ1) is 21.5. The Morgan fingerprint density at radius 2 is 2.00 bits per heavy atom. The molecule has 0 atom stereocenters. The van der Waals surface area contributed by atoms with E-state index in [1.54, 1.807) is 23.9 Å². The summed E-state index contributed by atoms with van der Waals surface area (Å²) in [6.45, 7) is 3.52. The second-order valence-corrected chi connectivity index (χ2v) is 9.64. The molecule has 0 aliphatic carbocycles. The lowest BCUT2D eigenvalue weighted by atomic mass is 10.2. The second-order valence-electron chi connectivity index (χ2n) is 7.61. The van der Waals surface area contributed by atoms with Crippen molar-refractivity contribution in [3.8, 4) is 0 Å². The van der Waals surface area contributed by atoms with E-state index in [0.717, 1.165) is 59.2 Å². The highest BCUT2D eigenvalue weighted by molar-refractivity contribution is 7.17. The molecule has 3 N–H and O–H groups in total. The number of hydrogen-bond donors (Lipinski definition) is 3. The van der Waals surface area contributed by atoms with Gasteiger partial charge in [0.05, 0.1) is 10.2 Å². The molecule has 4 aromatic rings. The molecule has 33 heavy (non-hydrogen) atoms. The van der Waals surface area contributed by atoms with E-state index >= 15 is 0 Å². The number of rotatable bonds is 8. The molecule has 3 aromatic heterocycles. The summed E-state index contributed by atoms with van der Waals surface area (Å²) < 4.78 is 1.06. The quantitative estimate of drug-likeness (QED) is 0.315. The van der Waals surface area contributed by atoms with Crippen LogP contribution in [-0.4, -0.2) is 45.5 Å². The van der Waals surface area contributed by atoms with Gasteiger partial charge in [0, 0.05) is 49.4 Å². The molecule has 0 radical (unpaired) electrons. The van der Waals surface area contributed by atoms with Gasteiger partial charge in [-0.3, -0.25) is 10.2 Å². The normalized spacial score (nSPS) is 13.5. The fourth-order valence-electron chi connectivity index (χ4n) is 3.62. The van der Waals surface area contributed by atoms with Gasteiger partial charge >= 0.3 is 6.03 Å². The highest BCUT2D eigenvalue weighted by Crippen LogP contribution is 2.25. The molecular formula is C23H23N7OS2. The summed E-state index contributed by atoms with van der Waals surface area (Å²) in [5.41, 5.74) is 2.89. The topological polar surface area (TPSA) is 95.1 Å². The Kier molecular flexibility index (Phi) is 6.56. The minimum absolute atomic E-state index is 0.296. The van der Waals surface area contributed by atoms with Crippen molar-refractivity contribution >= 4 is 55.6 Å². The fraction of sp³-hybridized carbons (Fsp3) is 0.217. The summed E-state index contributed by atoms with van der Waals surface area (Å²) in [5.74, 6) is 0.848. The Balaban J connectivity index is 1.11. The molecule has 5 rings (SSSR count). The smallest absolute Gasteiger partial charge is 0.325 e. The molecular weight excluding hydrogens is 454 g/mol. The zero-order valence-corrected chi connectivity index (χ0v) is 19.5. The van der Waals surface area contributed by atoms with Crippen molar-refractivity contribution in [3.63, 3.8) is 0 Å². The summed E-state index contributed by atoms with van der Waals surface area (Å²) in [7, 11) is 0. The number of thiazole rings is 1. The van der Waals surface area contributed by atoms with Crippen molar-refractivity contribution in [1.82, 2.24) is 19.9 Å². The van der Waals surface area contributed by atoms with Crippen molar-refractivity contribution in [3.05, 3.63) is 70.8 Å². The van der Waals surface area contributed by atoms with Crippen LogP contribution in [0.3, 0.4) is 0 Å². The van der Waals surface area contributed by atoms with Crippen molar-refractivity contribution in [2.45, 2.75) is 13.0 Å². The number of amides is 2. The lowest BCUT2D eigenvalue weighted by molar-refractivity contribution is 0.262. The van der Waals surface area contributed by atoms with Gasteiger partial charge in [-0.15, -0.1) is 22.7 Å². The van der Waals surface area contributed by atoms with Gasteiger partial charge in [-0.05, 0) is 29.1 Å². The number of fused-ring (bicyclic) bond motifs is 1. The van der Waals surface area contributed by atoms with E-state index in [4.69, 9.17) is 0 Å². The minimum Gasteiger partial charge on any atom is -0.368 e. The van der Waals surface area contributed by atoms with Gasteiger partial charge in [0.2, 0.25) is 0 Å². The molecule has 10 heteroatoms. The summed E-state index contributed by atoms with van der Waals surface area (Å²) in [4.78, 5) is 28.8. The van der Waals surface area contributed by atoms with Crippen LogP contribution in [0.2, 0.25) is 0 Å². The maximum atomic E-state index is 12.4. The molecule has 0 spiro atoms. The Morgan fingerprint density at radius 1 is 1.09 bits per heavy atom. The summed E-state index contributed by atoms with van der Waals surface area (Å²) >= 11 is 3.09. The van der Waals surface area contributed by atoms with Gasteiger partial charge in [-0.2, -0.15) is 0 Å². The number of urea groups is 1. The van der Waals surface area contributed by atoms with Crippen LogP contribution in [-0.2, 0) is 13.0 Å². The van der Waals surface area contributed by atoms with E-state index in [0.29, 0.717) is 5.13 Å². The first-order valence-corrected chi connectivity index (χ1v) is 12.3. The predicted octanol–water partition coefficient (Wildman–Crippen LogP) is 4.82. The standard InChI is InChI=1S/C23H23N7OS2/c31-22(28-17-5-3-4-16(12-17)14-30-9-1-2-10-30)29-23-25-13-18(33-23)6-8-24-21-20-19(7-11-32-20)26-15-27-21/h1-5,7,11-13,15H,6,8-10,14H2,(H,24,26,27)(H2,25,28,29,31).